The summed E-state index contributed by atoms with van der Waals surface area (Å²) < 4.78 is 13.6. The van der Waals surface area contributed by atoms with Gasteiger partial charge in [-0.05, 0) is 45.6 Å². The van der Waals surface area contributed by atoms with Crippen LogP contribution in [0.5, 0.6) is 0 Å². The normalized spacial score (nSPS) is 10.7. The van der Waals surface area contributed by atoms with Crippen molar-refractivity contribution in [3.63, 3.8) is 0 Å². The van der Waals surface area contributed by atoms with Crippen molar-refractivity contribution in [2.24, 2.45) is 5.73 Å². The largest absolute Gasteiger partial charge is 0.389 e. The fourth-order valence-corrected chi connectivity index (χ4v) is 1.91. The highest BCUT2D eigenvalue weighted by molar-refractivity contribution is 7.80. The Morgan fingerprint density at radius 1 is 1.39 bits per heavy atom. The molecule has 0 bridgehead atoms. The summed E-state index contributed by atoms with van der Waals surface area (Å²) in [4.78, 5) is 2.23. The number of halogens is 1. The van der Waals surface area contributed by atoms with Crippen molar-refractivity contribution in [3.05, 3.63) is 29.6 Å². The minimum atomic E-state index is -0.374. The van der Waals surface area contributed by atoms with E-state index in [1.165, 1.54) is 6.07 Å². The second-order valence-electron chi connectivity index (χ2n) is 4.46. The Morgan fingerprint density at radius 3 is 2.72 bits per heavy atom. The van der Waals surface area contributed by atoms with E-state index in [-0.39, 0.29) is 10.8 Å². The molecule has 18 heavy (non-hydrogen) atoms. The average Bonchev–Trinajstić information content (AvgIpc) is 2.27. The van der Waals surface area contributed by atoms with E-state index in [0.717, 1.165) is 25.9 Å². The first-order valence-corrected chi connectivity index (χ1v) is 6.40. The van der Waals surface area contributed by atoms with Gasteiger partial charge in [0.1, 0.15) is 10.8 Å². The first kappa shape index (κ1) is 14.9. The summed E-state index contributed by atoms with van der Waals surface area (Å²) in [7, 11) is 4.09. The molecule has 3 nitrogen and oxygen atoms in total. The van der Waals surface area contributed by atoms with Crippen LogP contribution < -0.4 is 11.1 Å². The molecule has 0 heterocycles. The molecule has 0 unspecified atom stereocenters. The molecule has 0 atom stereocenters. The number of unbranched alkanes of at least 4 members (excludes halogenated alkanes) is 1. The van der Waals surface area contributed by atoms with Crippen molar-refractivity contribution >= 4 is 22.9 Å². The van der Waals surface area contributed by atoms with Crippen molar-refractivity contribution in [2.45, 2.75) is 12.8 Å². The fourth-order valence-electron chi connectivity index (χ4n) is 1.70. The van der Waals surface area contributed by atoms with Gasteiger partial charge in [-0.2, -0.15) is 0 Å². The van der Waals surface area contributed by atoms with Crippen LogP contribution in [0, 0.1) is 5.82 Å². The number of hydrogen-bond acceptors (Lipinski definition) is 3. The van der Waals surface area contributed by atoms with Crippen LogP contribution in [0.4, 0.5) is 10.1 Å². The summed E-state index contributed by atoms with van der Waals surface area (Å²) in [5, 5.41) is 3.18. The van der Waals surface area contributed by atoms with Gasteiger partial charge in [-0.1, -0.05) is 18.3 Å². The lowest BCUT2D eigenvalue weighted by Crippen LogP contribution is -2.17. The molecule has 0 aliphatic rings. The van der Waals surface area contributed by atoms with Crippen molar-refractivity contribution in [2.75, 3.05) is 32.5 Å². The number of nitrogens with one attached hydrogen (secondary N) is 1. The maximum atomic E-state index is 13.6. The van der Waals surface area contributed by atoms with Gasteiger partial charge in [0.05, 0.1) is 5.56 Å². The fraction of sp³-hybridized carbons (Fsp3) is 0.462. The third-order valence-electron chi connectivity index (χ3n) is 2.61. The lowest BCUT2D eigenvalue weighted by molar-refractivity contribution is 0.396. The molecule has 0 amide bonds. The predicted octanol–water partition coefficient (Wildman–Crippen LogP) is 2.21. The predicted molar refractivity (Wildman–Crippen MR) is 78.6 cm³/mol. The molecule has 0 spiro atoms. The number of nitrogens with two attached hydrogens (primary N) is 1. The highest BCUT2D eigenvalue weighted by Crippen LogP contribution is 2.18. The number of hydrogen-bond donors (Lipinski definition) is 2. The molecule has 0 radical (unpaired) electrons. The van der Waals surface area contributed by atoms with Gasteiger partial charge in [-0.25, -0.2) is 4.39 Å². The molecule has 0 fully saturated rings. The molecule has 0 saturated heterocycles. The molecule has 5 heteroatoms. The summed E-state index contributed by atoms with van der Waals surface area (Å²) in [5.41, 5.74) is 6.51. The smallest absolute Gasteiger partial charge is 0.135 e. The summed E-state index contributed by atoms with van der Waals surface area (Å²) in [6.45, 7) is 1.83. The van der Waals surface area contributed by atoms with Gasteiger partial charge >= 0.3 is 0 Å². The lowest BCUT2D eigenvalue weighted by atomic mass is 10.1. The third kappa shape index (κ3) is 4.58. The van der Waals surface area contributed by atoms with E-state index in [1.807, 2.05) is 14.1 Å². The van der Waals surface area contributed by atoms with Crippen LogP contribution in [-0.2, 0) is 0 Å². The summed E-state index contributed by atoms with van der Waals surface area (Å²) >= 11 is 4.86. The molecular weight excluding hydrogens is 249 g/mol. The molecule has 0 aromatic heterocycles. The Kier molecular flexibility index (Phi) is 6.01. The first-order chi connectivity index (χ1) is 8.52. The van der Waals surface area contributed by atoms with Crippen molar-refractivity contribution < 1.29 is 4.39 Å². The summed E-state index contributed by atoms with van der Waals surface area (Å²) in [6, 6.07) is 4.81. The first-order valence-electron chi connectivity index (χ1n) is 5.99. The minimum absolute atomic E-state index is 0.0869. The molecule has 100 valence electrons. The Hall–Kier alpha value is -1.20. The molecular formula is C13H20FN3S. The van der Waals surface area contributed by atoms with Crippen molar-refractivity contribution in [1.29, 1.82) is 0 Å². The third-order valence-corrected chi connectivity index (χ3v) is 2.81. The van der Waals surface area contributed by atoms with Gasteiger partial charge in [0.15, 0.2) is 0 Å². The van der Waals surface area contributed by atoms with E-state index in [1.54, 1.807) is 12.1 Å². The van der Waals surface area contributed by atoms with Gasteiger partial charge in [-0.3, -0.25) is 0 Å². The number of anilines is 1. The van der Waals surface area contributed by atoms with Gasteiger partial charge in [0.2, 0.25) is 0 Å². The molecule has 3 N–H and O–H groups in total. The summed E-state index contributed by atoms with van der Waals surface area (Å²) in [5.74, 6) is -0.374. The van der Waals surface area contributed by atoms with E-state index in [2.05, 4.69) is 10.2 Å². The molecule has 0 saturated carbocycles. The number of benzene rings is 1. The number of nitrogens with zero attached hydrogens (tertiary/aromatic N) is 1. The van der Waals surface area contributed by atoms with Gasteiger partial charge in [0.25, 0.3) is 0 Å². The SMILES string of the molecule is CN(C)CCCCNc1cccc(F)c1C(N)=S. The Labute approximate surface area is 113 Å². The zero-order chi connectivity index (χ0) is 13.5. The Balaban J connectivity index is 2.52. The molecule has 1 aromatic rings. The van der Waals surface area contributed by atoms with E-state index >= 15 is 0 Å². The molecule has 1 rings (SSSR count). The van der Waals surface area contributed by atoms with Crippen LogP contribution in [-0.4, -0.2) is 37.1 Å². The van der Waals surface area contributed by atoms with Gasteiger partial charge in [0, 0.05) is 12.2 Å². The van der Waals surface area contributed by atoms with Crippen LogP contribution >= 0.6 is 12.2 Å². The van der Waals surface area contributed by atoms with E-state index in [4.69, 9.17) is 18.0 Å². The highest BCUT2D eigenvalue weighted by atomic mass is 32.1. The van der Waals surface area contributed by atoms with E-state index in [0.29, 0.717) is 11.3 Å². The zero-order valence-electron chi connectivity index (χ0n) is 10.9. The van der Waals surface area contributed by atoms with E-state index < -0.39 is 0 Å². The summed E-state index contributed by atoms with van der Waals surface area (Å²) in [6.07, 6.45) is 2.11. The van der Waals surface area contributed by atoms with Crippen LogP contribution in [0.25, 0.3) is 0 Å². The van der Waals surface area contributed by atoms with Gasteiger partial charge in [-0.15, -0.1) is 0 Å². The molecule has 0 aliphatic carbocycles. The minimum Gasteiger partial charge on any atom is -0.389 e. The average molecular weight is 269 g/mol. The standard InChI is InChI=1S/C13H20FN3S/c1-17(2)9-4-3-8-16-11-7-5-6-10(14)12(11)13(15)18/h5-7,16H,3-4,8-9H2,1-2H3,(H2,15,18). The number of rotatable bonds is 7. The van der Waals surface area contributed by atoms with Crippen LogP contribution in [0.1, 0.15) is 18.4 Å². The lowest BCUT2D eigenvalue weighted by Gasteiger charge is -2.13. The topological polar surface area (TPSA) is 41.3 Å². The monoisotopic (exact) mass is 269 g/mol. The molecule has 1 aromatic carbocycles. The van der Waals surface area contributed by atoms with E-state index in [9.17, 15) is 4.39 Å². The highest BCUT2D eigenvalue weighted by Gasteiger charge is 2.10. The Bertz CT molecular complexity index is 407. The van der Waals surface area contributed by atoms with Crippen LogP contribution in [0.2, 0.25) is 0 Å². The van der Waals surface area contributed by atoms with Crippen LogP contribution in [0.15, 0.2) is 18.2 Å². The second-order valence-corrected chi connectivity index (χ2v) is 4.90. The Morgan fingerprint density at radius 2 is 2.11 bits per heavy atom. The zero-order valence-corrected chi connectivity index (χ0v) is 11.7. The second kappa shape index (κ2) is 7.28. The quantitative estimate of drug-likeness (QED) is 0.588. The maximum absolute atomic E-state index is 13.6. The van der Waals surface area contributed by atoms with Crippen molar-refractivity contribution in [3.8, 4) is 0 Å². The van der Waals surface area contributed by atoms with Crippen molar-refractivity contribution in [1.82, 2.24) is 4.90 Å². The molecule has 0 aliphatic heterocycles. The van der Waals surface area contributed by atoms with Crippen LogP contribution in [0.3, 0.4) is 0 Å². The number of thiocarbonyl (C=S) groups is 1. The van der Waals surface area contributed by atoms with Gasteiger partial charge < -0.3 is 16.0 Å². The maximum Gasteiger partial charge on any atom is 0.135 e.